The number of aryl methyl sites for hydroxylation is 1. The highest BCUT2D eigenvalue weighted by Gasteiger charge is 2.30. The van der Waals surface area contributed by atoms with E-state index in [-0.39, 0.29) is 17.9 Å². The van der Waals surface area contributed by atoms with Gasteiger partial charge < -0.3 is 9.64 Å². The summed E-state index contributed by atoms with van der Waals surface area (Å²) < 4.78 is 5.29. The van der Waals surface area contributed by atoms with Gasteiger partial charge in [0.05, 0.1) is 7.11 Å². The number of ether oxygens (including phenoxy) is 1. The molecule has 19 heavy (non-hydrogen) atoms. The van der Waals surface area contributed by atoms with E-state index in [9.17, 15) is 9.59 Å². The summed E-state index contributed by atoms with van der Waals surface area (Å²) >= 11 is 0. The summed E-state index contributed by atoms with van der Waals surface area (Å²) in [4.78, 5) is 24.9. The van der Waals surface area contributed by atoms with Crippen molar-refractivity contribution in [3.05, 3.63) is 23.8 Å². The Labute approximate surface area is 112 Å². The summed E-state index contributed by atoms with van der Waals surface area (Å²) in [7, 11) is 3.47. The number of rotatable bonds is 3. The smallest absolute Gasteiger partial charge is 0.249 e. The summed E-state index contributed by atoms with van der Waals surface area (Å²) in [5.74, 6) is 0.353. The molecule has 0 radical (unpaired) electrons. The Balaban J connectivity index is 2.21. The lowest BCUT2D eigenvalue weighted by atomic mass is 10.0. The fourth-order valence-electron chi connectivity index (χ4n) is 2.26. The van der Waals surface area contributed by atoms with Crippen LogP contribution in [0.25, 0.3) is 0 Å². The molecule has 0 aromatic heterocycles. The normalized spacial score (nSPS) is 19.0. The van der Waals surface area contributed by atoms with Gasteiger partial charge in [-0.05, 0) is 25.0 Å². The maximum Gasteiger partial charge on any atom is 0.249 e. The molecule has 1 atom stereocenters. The Morgan fingerprint density at radius 3 is 2.74 bits per heavy atom. The fraction of sp³-hybridized carbons (Fsp3) is 0.429. The molecule has 1 N–H and O–H groups in total. The molecule has 1 fully saturated rings. The van der Waals surface area contributed by atoms with E-state index < -0.39 is 0 Å². The van der Waals surface area contributed by atoms with Crippen molar-refractivity contribution in [1.82, 2.24) is 5.32 Å². The van der Waals surface area contributed by atoms with Crippen molar-refractivity contribution < 1.29 is 14.3 Å². The third kappa shape index (κ3) is 2.70. The summed E-state index contributed by atoms with van der Waals surface area (Å²) in [6.45, 7) is 1.97. The molecule has 0 bridgehead atoms. The molecular weight excluding hydrogens is 244 g/mol. The highest BCUT2D eigenvalue weighted by Crippen LogP contribution is 2.26. The molecule has 1 aromatic rings. The van der Waals surface area contributed by atoms with Crippen LogP contribution in [0.2, 0.25) is 0 Å². The van der Waals surface area contributed by atoms with Crippen LogP contribution in [0, 0.1) is 6.92 Å². The molecule has 1 aliphatic heterocycles. The number of nitrogens with zero attached hydrogens (tertiary/aromatic N) is 1. The number of piperidine rings is 1. The summed E-state index contributed by atoms with van der Waals surface area (Å²) in [5.41, 5.74) is 1.94. The number of anilines is 1. The van der Waals surface area contributed by atoms with Crippen molar-refractivity contribution in [2.45, 2.75) is 25.8 Å². The lowest BCUT2D eigenvalue weighted by Gasteiger charge is -2.31. The van der Waals surface area contributed by atoms with E-state index in [2.05, 4.69) is 5.32 Å². The van der Waals surface area contributed by atoms with Crippen molar-refractivity contribution in [3.63, 3.8) is 0 Å². The van der Waals surface area contributed by atoms with E-state index in [1.54, 1.807) is 7.11 Å². The third-order valence-electron chi connectivity index (χ3n) is 3.48. The van der Waals surface area contributed by atoms with Crippen molar-refractivity contribution in [3.8, 4) is 5.75 Å². The topological polar surface area (TPSA) is 58.6 Å². The number of likely N-dealkylation sites (N-methyl/N-ethyl adjacent to an activating group) is 1. The van der Waals surface area contributed by atoms with Gasteiger partial charge in [-0.3, -0.25) is 14.9 Å². The molecule has 1 unspecified atom stereocenters. The molecule has 0 aliphatic carbocycles. The third-order valence-corrected chi connectivity index (χ3v) is 3.48. The van der Waals surface area contributed by atoms with Gasteiger partial charge in [-0.2, -0.15) is 0 Å². The van der Waals surface area contributed by atoms with Crippen LogP contribution in [0.1, 0.15) is 18.4 Å². The van der Waals surface area contributed by atoms with E-state index in [4.69, 9.17) is 4.74 Å². The Kier molecular flexibility index (Phi) is 3.74. The minimum Gasteiger partial charge on any atom is -0.496 e. The van der Waals surface area contributed by atoms with Gasteiger partial charge in [-0.25, -0.2) is 0 Å². The Morgan fingerprint density at radius 2 is 2.11 bits per heavy atom. The van der Waals surface area contributed by atoms with E-state index >= 15 is 0 Å². The lowest BCUT2D eigenvalue weighted by Crippen LogP contribution is -2.51. The molecule has 0 spiro atoms. The minimum atomic E-state index is -0.315. The molecule has 1 aliphatic rings. The van der Waals surface area contributed by atoms with E-state index in [1.807, 2.05) is 37.1 Å². The maximum absolute atomic E-state index is 11.8. The first kappa shape index (κ1) is 13.4. The van der Waals surface area contributed by atoms with Crippen molar-refractivity contribution in [2.24, 2.45) is 0 Å². The molecule has 5 heteroatoms. The highest BCUT2D eigenvalue weighted by atomic mass is 16.5. The average Bonchev–Trinajstić information content (AvgIpc) is 2.38. The monoisotopic (exact) mass is 262 g/mol. The van der Waals surface area contributed by atoms with Crippen LogP contribution in [0.5, 0.6) is 5.75 Å². The number of carbonyl (C=O) groups is 2. The number of benzene rings is 1. The highest BCUT2D eigenvalue weighted by molar-refractivity contribution is 6.01. The Hall–Kier alpha value is -2.04. The van der Waals surface area contributed by atoms with Gasteiger partial charge in [0.25, 0.3) is 0 Å². The Bertz CT molecular complexity index is 513. The number of nitrogens with one attached hydrogen (secondary N) is 1. The SMILES string of the molecule is COc1cc(N(C)C2CCC(=O)NC2=O)ccc1C. The molecule has 1 heterocycles. The predicted octanol–water partition coefficient (Wildman–Crippen LogP) is 1.25. The van der Waals surface area contributed by atoms with Crippen LogP contribution in [0.3, 0.4) is 0 Å². The molecule has 1 aromatic carbocycles. The largest absolute Gasteiger partial charge is 0.496 e. The standard InChI is InChI=1S/C14H18N2O3/c1-9-4-5-10(8-12(9)19-3)16(2)11-6-7-13(17)15-14(11)18/h4-5,8,11H,6-7H2,1-3H3,(H,15,17,18). The van der Waals surface area contributed by atoms with Crippen molar-refractivity contribution in [2.75, 3.05) is 19.1 Å². The van der Waals surface area contributed by atoms with E-state index in [0.29, 0.717) is 12.8 Å². The fourth-order valence-corrected chi connectivity index (χ4v) is 2.26. The van der Waals surface area contributed by atoms with Crippen LogP contribution < -0.4 is 15.0 Å². The van der Waals surface area contributed by atoms with Crippen molar-refractivity contribution in [1.29, 1.82) is 0 Å². The molecule has 102 valence electrons. The van der Waals surface area contributed by atoms with Gasteiger partial charge in [-0.1, -0.05) is 6.07 Å². The number of hydrogen-bond donors (Lipinski definition) is 1. The maximum atomic E-state index is 11.8. The zero-order valence-corrected chi connectivity index (χ0v) is 11.4. The predicted molar refractivity (Wildman–Crippen MR) is 72.3 cm³/mol. The number of carbonyl (C=O) groups excluding carboxylic acids is 2. The summed E-state index contributed by atoms with van der Waals surface area (Å²) in [6.07, 6.45) is 0.918. The van der Waals surface area contributed by atoms with Gasteiger partial charge in [0, 0.05) is 25.2 Å². The Morgan fingerprint density at radius 1 is 1.37 bits per heavy atom. The number of imide groups is 1. The molecule has 2 rings (SSSR count). The van der Waals surface area contributed by atoms with Gasteiger partial charge in [0.1, 0.15) is 11.8 Å². The second-order valence-electron chi connectivity index (χ2n) is 4.73. The van der Waals surface area contributed by atoms with Gasteiger partial charge >= 0.3 is 0 Å². The quantitative estimate of drug-likeness (QED) is 0.833. The lowest BCUT2D eigenvalue weighted by molar-refractivity contribution is -0.134. The first-order valence-corrected chi connectivity index (χ1v) is 6.24. The molecule has 5 nitrogen and oxygen atoms in total. The second-order valence-corrected chi connectivity index (χ2v) is 4.73. The van der Waals surface area contributed by atoms with E-state index in [1.165, 1.54) is 0 Å². The molecule has 1 saturated heterocycles. The molecular formula is C14H18N2O3. The zero-order valence-electron chi connectivity index (χ0n) is 11.4. The van der Waals surface area contributed by atoms with Crippen molar-refractivity contribution >= 4 is 17.5 Å². The zero-order chi connectivity index (χ0) is 14.0. The van der Waals surface area contributed by atoms with E-state index in [0.717, 1.165) is 17.0 Å². The molecule has 0 saturated carbocycles. The van der Waals surface area contributed by atoms with Crippen LogP contribution >= 0.6 is 0 Å². The van der Waals surface area contributed by atoms with Crippen LogP contribution in [-0.2, 0) is 9.59 Å². The van der Waals surface area contributed by atoms with Gasteiger partial charge in [0.2, 0.25) is 11.8 Å². The first-order valence-electron chi connectivity index (χ1n) is 6.24. The van der Waals surface area contributed by atoms with Crippen LogP contribution in [0.4, 0.5) is 5.69 Å². The number of hydrogen-bond acceptors (Lipinski definition) is 4. The van der Waals surface area contributed by atoms with Crippen LogP contribution in [-0.4, -0.2) is 32.0 Å². The number of methoxy groups -OCH3 is 1. The minimum absolute atomic E-state index is 0.198. The molecule has 2 amide bonds. The van der Waals surface area contributed by atoms with Crippen LogP contribution in [0.15, 0.2) is 18.2 Å². The second kappa shape index (κ2) is 5.30. The average molecular weight is 262 g/mol. The number of amides is 2. The summed E-state index contributed by atoms with van der Waals surface area (Å²) in [5, 5.41) is 2.37. The van der Waals surface area contributed by atoms with Gasteiger partial charge in [-0.15, -0.1) is 0 Å². The summed E-state index contributed by atoms with van der Waals surface area (Å²) in [6, 6.07) is 5.49. The first-order chi connectivity index (χ1) is 9.02. The van der Waals surface area contributed by atoms with Gasteiger partial charge in [0.15, 0.2) is 0 Å².